The topological polar surface area (TPSA) is 54.7 Å². The minimum atomic E-state index is -0.00934. The van der Waals surface area contributed by atoms with Gasteiger partial charge in [-0.1, -0.05) is 6.07 Å². The van der Waals surface area contributed by atoms with E-state index in [1.807, 2.05) is 25.1 Å². The molecular formula is C22H28N2O3. The summed E-state index contributed by atoms with van der Waals surface area (Å²) in [6, 6.07) is 10.2. The van der Waals surface area contributed by atoms with Crippen LogP contribution < -0.4 is 5.32 Å². The average Bonchev–Trinajstić information content (AvgIpc) is 3.14. The monoisotopic (exact) mass is 368 g/mol. The molecule has 27 heavy (non-hydrogen) atoms. The van der Waals surface area contributed by atoms with Crippen molar-refractivity contribution in [3.63, 3.8) is 0 Å². The quantitative estimate of drug-likeness (QED) is 0.880. The molecule has 0 radical (unpaired) electrons. The summed E-state index contributed by atoms with van der Waals surface area (Å²) in [7, 11) is 0. The number of hydrogen-bond donors (Lipinski definition) is 1. The molecule has 1 atom stereocenters. The van der Waals surface area contributed by atoms with Gasteiger partial charge in [-0.15, -0.1) is 0 Å². The van der Waals surface area contributed by atoms with E-state index < -0.39 is 0 Å². The summed E-state index contributed by atoms with van der Waals surface area (Å²) in [5, 5.41) is 3.13. The number of furan rings is 1. The zero-order valence-electron chi connectivity index (χ0n) is 16.0. The van der Waals surface area contributed by atoms with Crippen LogP contribution in [0.4, 0.5) is 0 Å². The molecule has 2 heterocycles. The van der Waals surface area contributed by atoms with Crippen molar-refractivity contribution < 1.29 is 13.9 Å². The van der Waals surface area contributed by atoms with Crippen molar-refractivity contribution in [2.24, 2.45) is 0 Å². The van der Waals surface area contributed by atoms with Crippen molar-refractivity contribution in [2.75, 3.05) is 32.8 Å². The van der Waals surface area contributed by atoms with E-state index in [2.05, 4.69) is 22.3 Å². The highest BCUT2D eigenvalue weighted by Gasteiger charge is 2.26. The molecule has 5 nitrogen and oxygen atoms in total. The Hall–Kier alpha value is -2.11. The number of nitrogens with one attached hydrogen (secondary N) is 1. The number of aryl methyl sites for hydroxylation is 3. The second kappa shape index (κ2) is 8.28. The van der Waals surface area contributed by atoms with E-state index >= 15 is 0 Å². The van der Waals surface area contributed by atoms with Crippen molar-refractivity contribution in [3.8, 4) is 0 Å². The molecule has 1 aromatic heterocycles. The van der Waals surface area contributed by atoms with Gasteiger partial charge in [0, 0.05) is 25.2 Å². The van der Waals surface area contributed by atoms with Crippen LogP contribution in [0, 0.1) is 6.92 Å². The molecule has 1 fully saturated rings. The Kier molecular flexibility index (Phi) is 5.60. The van der Waals surface area contributed by atoms with Crippen LogP contribution in [0.15, 0.2) is 34.7 Å². The van der Waals surface area contributed by atoms with Gasteiger partial charge in [-0.3, -0.25) is 9.69 Å². The summed E-state index contributed by atoms with van der Waals surface area (Å²) in [4.78, 5) is 15.1. The third-order valence-electron chi connectivity index (χ3n) is 5.64. The van der Waals surface area contributed by atoms with Crippen molar-refractivity contribution in [3.05, 3.63) is 58.5 Å². The largest absolute Gasteiger partial charge is 0.465 e. The number of carbonyl (C=O) groups is 1. The maximum absolute atomic E-state index is 12.8. The molecule has 0 saturated carbocycles. The van der Waals surface area contributed by atoms with Gasteiger partial charge in [-0.2, -0.15) is 0 Å². The lowest BCUT2D eigenvalue weighted by atomic mass is 9.90. The molecule has 1 saturated heterocycles. The Bertz CT molecular complexity index is 793. The maximum atomic E-state index is 12.8. The summed E-state index contributed by atoms with van der Waals surface area (Å²) >= 11 is 0. The SMILES string of the molecule is Cc1ccc(C(CNC(=O)c2ccc3c(c2)CCCC3)N2CCOCC2)o1. The van der Waals surface area contributed by atoms with Crippen molar-refractivity contribution >= 4 is 5.91 Å². The lowest BCUT2D eigenvalue weighted by Gasteiger charge is -2.33. The minimum Gasteiger partial charge on any atom is -0.465 e. The van der Waals surface area contributed by atoms with Gasteiger partial charge < -0.3 is 14.5 Å². The minimum absolute atomic E-state index is 0.00934. The zero-order valence-corrected chi connectivity index (χ0v) is 16.0. The number of carbonyl (C=O) groups excluding carboxylic acids is 1. The smallest absolute Gasteiger partial charge is 0.251 e. The molecule has 0 bridgehead atoms. The molecule has 1 unspecified atom stereocenters. The van der Waals surface area contributed by atoms with Crippen molar-refractivity contribution in [1.82, 2.24) is 10.2 Å². The van der Waals surface area contributed by atoms with E-state index in [1.54, 1.807) is 0 Å². The van der Waals surface area contributed by atoms with Gasteiger partial charge >= 0.3 is 0 Å². The molecule has 4 rings (SSSR count). The standard InChI is InChI=1S/C22H28N2O3/c1-16-6-9-21(27-16)20(24-10-12-26-13-11-24)15-23-22(25)19-8-7-17-4-2-3-5-18(17)14-19/h6-9,14,20H,2-5,10-13,15H2,1H3,(H,23,25). The van der Waals surface area contributed by atoms with Gasteiger partial charge in [0.2, 0.25) is 0 Å². The Balaban J connectivity index is 1.46. The normalized spacial score (nSPS) is 18.7. The average molecular weight is 368 g/mol. The molecule has 2 aromatic rings. The number of benzene rings is 1. The summed E-state index contributed by atoms with van der Waals surface area (Å²) < 4.78 is 11.4. The predicted molar refractivity (Wildman–Crippen MR) is 104 cm³/mol. The Morgan fingerprint density at radius 2 is 1.89 bits per heavy atom. The summed E-state index contributed by atoms with van der Waals surface area (Å²) in [6.07, 6.45) is 4.68. The molecule has 1 aliphatic heterocycles. The molecule has 1 aromatic carbocycles. The lowest BCUT2D eigenvalue weighted by molar-refractivity contribution is 0.0117. The van der Waals surface area contributed by atoms with E-state index in [4.69, 9.17) is 9.15 Å². The van der Waals surface area contributed by atoms with Crippen LogP contribution in [0.2, 0.25) is 0 Å². The number of ether oxygens (including phenoxy) is 1. The second-order valence-corrected chi connectivity index (χ2v) is 7.51. The van der Waals surface area contributed by atoms with Crippen LogP contribution in [-0.2, 0) is 17.6 Å². The second-order valence-electron chi connectivity index (χ2n) is 7.51. The van der Waals surface area contributed by atoms with Crippen LogP contribution in [-0.4, -0.2) is 43.7 Å². The van der Waals surface area contributed by atoms with E-state index in [1.165, 1.54) is 24.0 Å². The van der Waals surface area contributed by atoms with E-state index in [9.17, 15) is 4.79 Å². The number of rotatable bonds is 5. The first-order valence-electron chi connectivity index (χ1n) is 9.99. The summed E-state index contributed by atoms with van der Waals surface area (Å²) in [5.74, 6) is 1.79. The fourth-order valence-electron chi connectivity index (χ4n) is 4.10. The van der Waals surface area contributed by atoms with E-state index in [0.29, 0.717) is 6.54 Å². The fourth-order valence-corrected chi connectivity index (χ4v) is 4.10. The maximum Gasteiger partial charge on any atom is 0.251 e. The van der Waals surface area contributed by atoms with Gasteiger partial charge in [-0.05, 0) is 68.0 Å². The van der Waals surface area contributed by atoms with Gasteiger partial charge in [0.15, 0.2) is 0 Å². The third kappa shape index (κ3) is 4.25. The van der Waals surface area contributed by atoms with Crippen LogP contribution >= 0.6 is 0 Å². The van der Waals surface area contributed by atoms with Gasteiger partial charge in [0.25, 0.3) is 5.91 Å². The lowest BCUT2D eigenvalue weighted by Crippen LogP contribution is -2.43. The Morgan fingerprint density at radius 1 is 1.11 bits per heavy atom. The number of fused-ring (bicyclic) bond motifs is 1. The predicted octanol–water partition coefficient (Wildman–Crippen LogP) is 3.27. The number of amides is 1. The highest BCUT2D eigenvalue weighted by atomic mass is 16.5. The van der Waals surface area contributed by atoms with Crippen LogP contribution in [0.25, 0.3) is 0 Å². The molecular weight excluding hydrogens is 340 g/mol. The molecule has 2 aliphatic rings. The van der Waals surface area contributed by atoms with Gasteiger partial charge in [0.1, 0.15) is 11.5 Å². The first-order valence-corrected chi connectivity index (χ1v) is 9.99. The molecule has 5 heteroatoms. The van der Waals surface area contributed by atoms with Crippen molar-refractivity contribution in [2.45, 2.75) is 38.6 Å². The highest BCUT2D eigenvalue weighted by Crippen LogP contribution is 2.24. The van der Waals surface area contributed by atoms with E-state index in [-0.39, 0.29) is 11.9 Å². The highest BCUT2D eigenvalue weighted by molar-refractivity contribution is 5.94. The molecule has 0 spiro atoms. The fraction of sp³-hybridized carbons (Fsp3) is 0.500. The third-order valence-corrected chi connectivity index (χ3v) is 5.64. The number of hydrogen-bond acceptors (Lipinski definition) is 4. The number of nitrogens with zero attached hydrogens (tertiary/aromatic N) is 1. The Morgan fingerprint density at radius 3 is 2.63 bits per heavy atom. The first-order chi connectivity index (χ1) is 13.2. The van der Waals surface area contributed by atoms with Crippen LogP contribution in [0.3, 0.4) is 0 Å². The van der Waals surface area contributed by atoms with Gasteiger partial charge in [0.05, 0.1) is 19.3 Å². The Labute approximate surface area is 160 Å². The summed E-state index contributed by atoms with van der Waals surface area (Å²) in [5.41, 5.74) is 3.49. The van der Waals surface area contributed by atoms with Crippen LogP contribution in [0.1, 0.15) is 51.9 Å². The zero-order chi connectivity index (χ0) is 18.6. The van der Waals surface area contributed by atoms with Crippen molar-refractivity contribution in [1.29, 1.82) is 0 Å². The molecule has 1 aliphatic carbocycles. The molecule has 144 valence electrons. The number of morpholine rings is 1. The van der Waals surface area contributed by atoms with E-state index in [0.717, 1.165) is 56.2 Å². The summed E-state index contributed by atoms with van der Waals surface area (Å²) in [6.45, 7) is 5.61. The van der Waals surface area contributed by atoms with Crippen LogP contribution in [0.5, 0.6) is 0 Å². The molecule has 1 N–H and O–H groups in total. The van der Waals surface area contributed by atoms with Gasteiger partial charge in [-0.25, -0.2) is 0 Å². The first kappa shape index (κ1) is 18.3. The molecule has 1 amide bonds.